The summed E-state index contributed by atoms with van der Waals surface area (Å²) in [6, 6.07) is 1.74. The topological polar surface area (TPSA) is 64.2 Å². The molecule has 2 aromatic rings. The van der Waals surface area contributed by atoms with E-state index in [1.807, 2.05) is 17.7 Å². The second-order valence-electron chi connectivity index (χ2n) is 4.87. The molecule has 1 amide bonds. The van der Waals surface area contributed by atoms with Gasteiger partial charge in [0.1, 0.15) is 5.69 Å². The van der Waals surface area contributed by atoms with Crippen molar-refractivity contribution in [1.29, 1.82) is 0 Å². The van der Waals surface area contributed by atoms with E-state index in [1.165, 1.54) is 0 Å². The van der Waals surface area contributed by atoms with Crippen molar-refractivity contribution in [3.63, 3.8) is 0 Å². The Balaban J connectivity index is 2.16. The largest absolute Gasteiger partial charge is 0.397 e. The first-order chi connectivity index (χ1) is 9.52. The Bertz CT molecular complexity index is 602. The van der Waals surface area contributed by atoms with E-state index in [0.717, 1.165) is 23.5 Å². The molecule has 0 atom stereocenters. The lowest BCUT2D eigenvalue weighted by atomic mass is 10.3. The first-order valence-electron chi connectivity index (χ1n) is 6.63. The number of rotatable bonds is 5. The van der Waals surface area contributed by atoms with Crippen LogP contribution >= 0.6 is 11.3 Å². The third kappa shape index (κ3) is 3.01. The van der Waals surface area contributed by atoms with Crippen LogP contribution in [0.4, 0.5) is 5.69 Å². The van der Waals surface area contributed by atoms with Gasteiger partial charge in [0.05, 0.1) is 23.4 Å². The molecule has 0 unspecified atom stereocenters. The van der Waals surface area contributed by atoms with Crippen LogP contribution in [0, 0.1) is 6.92 Å². The van der Waals surface area contributed by atoms with Crippen molar-refractivity contribution in [2.75, 3.05) is 12.8 Å². The number of nitrogens with two attached hydrogens (primary N) is 1. The lowest BCUT2D eigenvalue weighted by Crippen LogP contribution is -2.28. The van der Waals surface area contributed by atoms with E-state index in [2.05, 4.69) is 11.9 Å². The zero-order chi connectivity index (χ0) is 14.7. The van der Waals surface area contributed by atoms with E-state index in [4.69, 9.17) is 5.73 Å². The van der Waals surface area contributed by atoms with Crippen LogP contribution in [-0.4, -0.2) is 27.4 Å². The monoisotopic (exact) mass is 292 g/mol. The summed E-state index contributed by atoms with van der Waals surface area (Å²) >= 11 is 1.57. The van der Waals surface area contributed by atoms with Crippen molar-refractivity contribution >= 4 is 22.9 Å². The second-order valence-corrected chi connectivity index (χ2v) is 5.81. The summed E-state index contributed by atoms with van der Waals surface area (Å²) in [5, 5.41) is 0. The van der Waals surface area contributed by atoms with Gasteiger partial charge in [0.25, 0.3) is 5.91 Å². The van der Waals surface area contributed by atoms with Crippen LogP contribution in [0.5, 0.6) is 0 Å². The fraction of sp³-hybridized carbons (Fsp3) is 0.429. The van der Waals surface area contributed by atoms with Gasteiger partial charge in [-0.15, -0.1) is 11.3 Å². The molecule has 0 saturated carbocycles. The first kappa shape index (κ1) is 14.6. The summed E-state index contributed by atoms with van der Waals surface area (Å²) in [6.07, 6.45) is 2.79. The third-order valence-corrected chi connectivity index (χ3v) is 4.09. The molecule has 2 heterocycles. The quantitative estimate of drug-likeness (QED) is 0.921. The summed E-state index contributed by atoms with van der Waals surface area (Å²) in [4.78, 5) is 19.6. The Labute approximate surface area is 123 Å². The second kappa shape index (κ2) is 6.09. The number of nitrogen functional groups attached to an aromatic ring is 1. The van der Waals surface area contributed by atoms with Gasteiger partial charge in [0.15, 0.2) is 0 Å². The molecule has 2 aromatic heterocycles. The number of aryl methyl sites for hydroxylation is 2. The molecule has 20 heavy (non-hydrogen) atoms. The molecular formula is C14H20N4OS. The average Bonchev–Trinajstić information content (AvgIpc) is 2.96. The minimum absolute atomic E-state index is 0.0112. The zero-order valence-corrected chi connectivity index (χ0v) is 12.9. The maximum absolute atomic E-state index is 12.5. The standard InChI is InChI=1S/C14H20N4OS/c1-4-5-18-7-11(15)6-12(18)14(19)17(3)8-13-10(2)16-9-20-13/h6-7,9H,4-5,8,15H2,1-3H3. The van der Waals surface area contributed by atoms with Crippen LogP contribution in [0.1, 0.15) is 34.4 Å². The van der Waals surface area contributed by atoms with Gasteiger partial charge in [-0.25, -0.2) is 4.98 Å². The Kier molecular flexibility index (Phi) is 4.44. The highest BCUT2D eigenvalue weighted by atomic mass is 32.1. The average molecular weight is 292 g/mol. The molecule has 2 N–H and O–H groups in total. The SMILES string of the molecule is CCCn1cc(N)cc1C(=O)N(C)Cc1scnc1C. The van der Waals surface area contributed by atoms with Gasteiger partial charge in [0.2, 0.25) is 0 Å². The molecule has 0 radical (unpaired) electrons. The minimum Gasteiger partial charge on any atom is -0.397 e. The fourth-order valence-corrected chi connectivity index (χ4v) is 2.93. The van der Waals surface area contributed by atoms with Crippen molar-refractivity contribution in [2.24, 2.45) is 0 Å². The Morgan fingerprint density at radius 3 is 2.90 bits per heavy atom. The molecule has 0 saturated heterocycles. The number of hydrogen-bond acceptors (Lipinski definition) is 4. The first-order valence-corrected chi connectivity index (χ1v) is 7.51. The summed E-state index contributed by atoms with van der Waals surface area (Å²) in [7, 11) is 1.81. The van der Waals surface area contributed by atoms with Gasteiger partial charge in [-0.2, -0.15) is 0 Å². The van der Waals surface area contributed by atoms with Gasteiger partial charge >= 0.3 is 0 Å². The van der Waals surface area contributed by atoms with Gasteiger partial charge < -0.3 is 15.2 Å². The summed E-state index contributed by atoms with van der Waals surface area (Å²) in [6.45, 7) is 5.41. The van der Waals surface area contributed by atoms with Crippen molar-refractivity contribution in [1.82, 2.24) is 14.5 Å². The van der Waals surface area contributed by atoms with Crippen LogP contribution in [0.3, 0.4) is 0 Å². The summed E-state index contributed by atoms with van der Waals surface area (Å²) in [5.41, 5.74) is 9.88. The zero-order valence-electron chi connectivity index (χ0n) is 12.1. The molecule has 108 valence electrons. The number of nitrogens with zero attached hydrogens (tertiary/aromatic N) is 3. The van der Waals surface area contributed by atoms with Crippen LogP contribution in [0.15, 0.2) is 17.8 Å². The van der Waals surface area contributed by atoms with Crippen LogP contribution in [0.2, 0.25) is 0 Å². The normalized spacial score (nSPS) is 10.8. The number of aromatic nitrogens is 2. The Morgan fingerprint density at radius 1 is 1.55 bits per heavy atom. The van der Waals surface area contributed by atoms with E-state index in [9.17, 15) is 4.79 Å². The molecule has 6 heteroatoms. The van der Waals surface area contributed by atoms with Crippen LogP contribution < -0.4 is 5.73 Å². The lowest BCUT2D eigenvalue weighted by Gasteiger charge is -2.17. The van der Waals surface area contributed by atoms with Crippen molar-refractivity contribution in [2.45, 2.75) is 33.4 Å². The minimum atomic E-state index is -0.0112. The van der Waals surface area contributed by atoms with Crippen molar-refractivity contribution in [3.8, 4) is 0 Å². The number of carbonyl (C=O) groups excluding carboxylic acids is 1. The molecule has 0 fully saturated rings. The maximum atomic E-state index is 12.5. The summed E-state index contributed by atoms with van der Waals surface area (Å²) in [5.74, 6) is -0.0112. The number of hydrogen-bond donors (Lipinski definition) is 1. The van der Waals surface area contributed by atoms with Gasteiger partial charge in [-0.1, -0.05) is 6.92 Å². The summed E-state index contributed by atoms with van der Waals surface area (Å²) < 4.78 is 1.92. The molecular weight excluding hydrogens is 272 g/mol. The molecule has 0 spiro atoms. The van der Waals surface area contributed by atoms with Gasteiger partial charge in [-0.05, 0) is 19.4 Å². The fourth-order valence-electron chi connectivity index (χ4n) is 2.10. The number of carbonyl (C=O) groups is 1. The maximum Gasteiger partial charge on any atom is 0.270 e. The van der Waals surface area contributed by atoms with Crippen LogP contribution in [0.25, 0.3) is 0 Å². The smallest absolute Gasteiger partial charge is 0.270 e. The Hall–Kier alpha value is -1.82. The molecule has 2 rings (SSSR count). The number of thiazole rings is 1. The molecule has 0 aliphatic rings. The number of anilines is 1. The molecule has 0 aromatic carbocycles. The van der Waals surface area contributed by atoms with E-state index in [1.54, 1.807) is 34.9 Å². The van der Waals surface area contributed by atoms with E-state index in [0.29, 0.717) is 17.9 Å². The third-order valence-electron chi connectivity index (χ3n) is 3.17. The molecule has 5 nitrogen and oxygen atoms in total. The molecule has 0 aliphatic carbocycles. The van der Waals surface area contributed by atoms with Crippen molar-refractivity contribution in [3.05, 3.63) is 34.0 Å². The molecule has 0 aliphatic heterocycles. The van der Waals surface area contributed by atoms with Crippen LogP contribution in [-0.2, 0) is 13.1 Å². The van der Waals surface area contributed by atoms with E-state index in [-0.39, 0.29) is 5.91 Å². The highest BCUT2D eigenvalue weighted by Gasteiger charge is 2.18. The number of amides is 1. The van der Waals surface area contributed by atoms with E-state index < -0.39 is 0 Å². The molecule has 0 bridgehead atoms. The van der Waals surface area contributed by atoms with E-state index >= 15 is 0 Å². The predicted molar refractivity (Wildman–Crippen MR) is 81.8 cm³/mol. The predicted octanol–water partition coefficient (Wildman–Crippen LogP) is 2.52. The highest BCUT2D eigenvalue weighted by Crippen LogP contribution is 2.18. The van der Waals surface area contributed by atoms with Gasteiger partial charge in [0, 0.05) is 24.7 Å². The van der Waals surface area contributed by atoms with Gasteiger partial charge in [-0.3, -0.25) is 4.79 Å². The lowest BCUT2D eigenvalue weighted by molar-refractivity contribution is 0.0775. The highest BCUT2D eigenvalue weighted by molar-refractivity contribution is 7.09. The van der Waals surface area contributed by atoms with Crippen molar-refractivity contribution < 1.29 is 4.79 Å². The Morgan fingerprint density at radius 2 is 2.30 bits per heavy atom.